The molecule has 33 heavy (non-hydrogen) atoms. The van der Waals surface area contributed by atoms with E-state index in [1.54, 1.807) is 46.6 Å². The Balaban J connectivity index is 2.12. The number of Topliss-reactive ketones (excluding diaryl/α,β-unsaturated/α-hetero) is 1. The first-order chi connectivity index (χ1) is 15.4. The molecular weight excluding hydrogens is 431 g/mol. The first-order valence-electron chi connectivity index (χ1n) is 11.0. The van der Waals surface area contributed by atoms with Crippen LogP contribution in [-0.2, 0) is 19.0 Å². The molecule has 8 nitrogen and oxygen atoms in total. The summed E-state index contributed by atoms with van der Waals surface area (Å²) in [6.07, 6.45) is -0.877. The lowest BCUT2D eigenvalue weighted by molar-refractivity contribution is -0.131. The topological polar surface area (TPSA) is 94.2 Å². The Kier molecular flexibility index (Phi) is 8.97. The molecule has 0 unspecified atom stereocenters. The molecule has 1 saturated heterocycles. The number of hydrogen-bond donors (Lipinski definition) is 1. The van der Waals surface area contributed by atoms with Gasteiger partial charge in [0.15, 0.2) is 5.78 Å². The molecular formula is C24H35FN2O6. The van der Waals surface area contributed by atoms with Gasteiger partial charge in [0.2, 0.25) is 5.91 Å². The Morgan fingerprint density at radius 2 is 1.73 bits per heavy atom. The number of ether oxygens (including phenoxy) is 3. The second-order valence-corrected chi connectivity index (χ2v) is 9.38. The number of benzene rings is 1. The molecule has 0 aliphatic carbocycles. The van der Waals surface area contributed by atoms with Gasteiger partial charge in [0, 0.05) is 19.8 Å². The molecule has 1 aliphatic rings. The molecule has 1 aliphatic heterocycles. The van der Waals surface area contributed by atoms with Gasteiger partial charge < -0.3 is 19.5 Å². The van der Waals surface area contributed by atoms with E-state index in [0.29, 0.717) is 18.5 Å². The van der Waals surface area contributed by atoms with Crippen LogP contribution in [-0.4, -0.2) is 73.3 Å². The minimum Gasteiger partial charge on any atom is -0.444 e. The number of hydrogen-bond acceptors (Lipinski definition) is 6. The molecule has 9 heteroatoms. The molecule has 0 saturated carbocycles. The van der Waals surface area contributed by atoms with Crippen LogP contribution in [0, 0.1) is 11.7 Å². The molecule has 1 aromatic carbocycles. The number of nitrogens with zero attached hydrogens (tertiary/aromatic N) is 1. The van der Waals surface area contributed by atoms with Crippen LogP contribution in [0.5, 0.6) is 0 Å². The Morgan fingerprint density at radius 1 is 1.12 bits per heavy atom. The van der Waals surface area contributed by atoms with Crippen LogP contribution in [0.15, 0.2) is 24.3 Å². The standard InChI is InChI=1S/C24H35FN2O6/c1-14(22(29)26-15(2)20(28)16-8-10-17(25)11-9-16)21(32-7)19-12-18(31-6)13-27(19)23(30)33-24(3,4)5/h8-11,14-15,18-19,21H,12-13H2,1-7H3,(H,26,29)/t14-,15-,18-,19-,21-/m1/s1. The quantitative estimate of drug-likeness (QED) is 0.592. The van der Waals surface area contributed by atoms with Crippen molar-refractivity contribution in [2.24, 2.45) is 5.92 Å². The Hall–Kier alpha value is -2.52. The zero-order valence-corrected chi connectivity index (χ0v) is 20.4. The number of ketones is 1. The first kappa shape index (κ1) is 26.7. The third-order valence-corrected chi connectivity index (χ3v) is 5.70. The zero-order chi connectivity index (χ0) is 24.9. The fourth-order valence-electron chi connectivity index (χ4n) is 3.96. The van der Waals surface area contributed by atoms with Crippen molar-refractivity contribution in [3.05, 3.63) is 35.6 Å². The number of rotatable bonds is 8. The average molecular weight is 467 g/mol. The van der Waals surface area contributed by atoms with Gasteiger partial charge in [-0.05, 0) is 58.4 Å². The van der Waals surface area contributed by atoms with E-state index in [2.05, 4.69) is 5.32 Å². The molecule has 184 valence electrons. The molecule has 2 rings (SSSR count). The number of nitrogens with one attached hydrogen (secondary N) is 1. The molecule has 1 aromatic rings. The molecule has 1 N–H and O–H groups in total. The molecule has 2 amide bonds. The maximum Gasteiger partial charge on any atom is 0.410 e. The van der Waals surface area contributed by atoms with Crippen molar-refractivity contribution in [3.8, 4) is 0 Å². The normalized spacial score (nSPS) is 21.3. The highest BCUT2D eigenvalue weighted by Gasteiger charge is 2.45. The Labute approximate surface area is 194 Å². The highest BCUT2D eigenvalue weighted by atomic mass is 19.1. The van der Waals surface area contributed by atoms with Crippen LogP contribution >= 0.6 is 0 Å². The Morgan fingerprint density at radius 3 is 2.24 bits per heavy atom. The minimum atomic E-state index is -0.819. The smallest absolute Gasteiger partial charge is 0.410 e. The second-order valence-electron chi connectivity index (χ2n) is 9.38. The van der Waals surface area contributed by atoms with Crippen molar-refractivity contribution < 1.29 is 33.0 Å². The van der Waals surface area contributed by atoms with Gasteiger partial charge in [-0.15, -0.1) is 0 Å². The maximum atomic E-state index is 13.1. The van der Waals surface area contributed by atoms with E-state index >= 15 is 0 Å². The highest BCUT2D eigenvalue weighted by molar-refractivity contribution is 6.01. The van der Waals surface area contributed by atoms with E-state index in [0.717, 1.165) is 0 Å². The van der Waals surface area contributed by atoms with Crippen molar-refractivity contribution in [1.29, 1.82) is 0 Å². The van der Waals surface area contributed by atoms with E-state index in [-0.39, 0.29) is 11.9 Å². The summed E-state index contributed by atoms with van der Waals surface area (Å²) in [5.74, 6) is -1.85. The van der Waals surface area contributed by atoms with E-state index < -0.39 is 47.5 Å². The molecule has 0 spiro atoms. The van der Waals surface area contributed by atoms with Crippen LogP contribution in [0.2, 0.25) is 0 Å². The van der Waals surface area contributed by atoms with Crippen LogP contribution in [0.4, 0.5) is 9.18 Å². The van der Waals surface area contributed by atoms with E-state index in [1.807, 2.05) is 0 Å². The van der Waals surface area contributed by atoms with Gasteiger partial charge in [-0.3, -0.25) is 14.5 Å². The summed E-state index contributed by atoms with van der Waals surface area (Å²) >= 11 is 0. The lowest BCUT2D eigenvalue weighted by Crippen LogP contribution is -2.52. The van der Waals surface area contributed by atoms with Gasteiger partial charge in [0.1, 0.15) is 11.4 Å². The van der Waals surface area contributed by atoms with Crippen LogP contribution in [0.25, 0.3) is 0 Å². The summed E-state index contributed by atoms with van der Waals surface area (Å²) in [4.78, 5) is 40.0. The monoisotopic (exact) mass is 466 g/mol. The molecule has 5 atom stereocenters. The van der Waals surface area contributed by atoms with Crippen molar-refractivity contribution >= 4 is 17.8 Å². The number of carbonyl (C=O) groups is 3. The van der Waals surface area contributed by atoms with Gasteiger partial charge in [-0.1, -0.05) is 6.92 Å². The van der Waals surface area contributed by atoms with Crippen LogP contribution in [0.3, 0.4) is 0 Å². The predicted octanol–water partition coefficient (Wildman–Crippen LogP) is 3.19. The summed E-state index contributed by atoms with van der Waals surface area (Å²) in [6, 6.07) is 3.89. The fourth-order valence-corrected chi connectivity index (χ4v) is 3.96. The third kappa shape index (κ3) is 6.98. The van der Waals surface area contributed by atoms with Gasteiger partial charge in [0.05, 0.1) is 36.8 Å². The number of methoxy groups -OCH3 is 2. The average Bonchev–Trinajstić information content (AvgIpc) is 3.17. The number of amides is 2. The van der Waals surface area contributed by atoms with Crippen molar-refractivity contribution in [2.45, 2.75) is 70.9 Å². The highest BCUT2D eigenvalue weighted by Crippen LogP contribution is 2.29. The molecule has 0 aromatic heterocycles. The van der Waals surface area contributed by atoms with Crippen molar-refractivity contribution in [3.63, 3.8) is 0 Å². The van der Waals surface area contributed by atoms with E-state index in [4.69, 9.17) is 14.2 Å². The fraction of sp³-hybridized carbons (Fsp3) is 0.625. The number of halogens is 1. The van der Waals surface area contributed by atoms with Crippen molar-refractivity contribution in [2.75, 3.05) is 20.8 Å². The molecule has 0 bridgehead atoms. The second kappa shape index (κ2) is 11.1. The van der Waals surface area contributed by atoms with Gasteiger partial charge in [-0.25, -0.2) is 9.18 Å². The number of likely N-dealkylation sites (tertiary alicyclic amines) is 1. The zero-order valence-electron chi connectivity index (χ0n) is 20.4. The first-order valence-corrected chi connectivity index (χ1v) is 11.0. The summed E-state index contributed by atoms with van der Waals surface area (Å²) in [6.45, 7) is 8.94. The lowest BCUT2D eigenvalue weighted by atomic mass is 9.94. The van der Waals surface area contributed by atoms with E-state index in [9.17, 15) is 18.8 Å². The summed E-state index contributed by atoms with van der Waals surface area (Å²) in [7, 11) is 3.05. The summed E-state index contributed by atoms with van der Waals surface area (Å²) < 4.78 is 29.8. The SMILES string of the molecule is CO[C@@H]1C[C@H]([C@H](OC)[C@@H](C)C(=O)N[C@H](C)C(=O)c2ccc(F)cc2)N(C(=O)OC(C)(C)C)C1. The van der Waals surface area contributed by atoms with Gasteiger partial charge >= 0.3 is 6.09 Å². The Bertz CT molecular complexity index is 838. The van der Waals surface area contributed by atoms with Gasteiger partial charge in [0.25, 0.3) is 0 Å². The maximum absolute atomic E-state index is 13.1. The third-order valence-electron chi connectivity index (χ3n) is 5.70. The van der Waals surface area contributed by atoms with Crippen LogP contribution in [0.1, 0.15) is 51.4 Å². The molecule has 0 radical (unpaired) electrons. The van der Waals surface area contributed by atoms with Gasteiger partial charge in [-0.2, -0.15) is 0 Å². The van der Waals surface area contributed by atoms with E-state index in [1.165, 1.54) is 31.4 Å². The molecule has 1 heterocycles. The summed E-state index contributed by atoms with van der Waals surface area (Å²) in [5.41, 5.74) is -0.371. The van der Waals surface area contributed by atoms with Crippen molar-refractivity contribution in [1.82, 2.24) is 10.2 Å². The predicted molar refractivity (Wildman–Crippen MR) is 120 cm³/mol. The number of carbonyl (C=O) groups excluding carboxylic acids is 3. The summed E-state index contributed by atoms with van der Waals surface area (Å²) in [5, 5.41) is 2.71. The lowest BCUT2D eigenvalue weighted by Gasteiger charge is -2.34. The molecule has 1 fully saturated rings. The van der Waals surface area contributed by atoms with Crippen LogP contribution < -0.4 is 5.32 Å². The minimum absolute atomic E-state index is 0.214. The largest absolute Gasteiger partial charge is 0.444 e.